The van der Waals surface area contributed by atoms with Gasteiger partial charge in [-0.05, 0) is 65.9 Å². The zero-order chi connectivity index (χ0) is 27.3. The molecule has 0 amide bonds. The normalized spacial score (nSPS) is 11.1. The van der Waals surface area contributed by atoms with E-state index in [0.29, 0.717) is 24.0 Å². The van der Waals surface area contributed by atoms with E-state index in [1.54, 1.807) is 18.2 Å². The Morgan fingerprint density at radius 1 is 0.789 bits per heavy atom. The van der Waals surface area contributed by atoms with Gasteiger partial charge in [0.25, 0.3) is 0 Å². The summed E-state index contributed by atoms with van der Waals surface area (Å²) in [6.45, 7) is -0.164. The summed E-state index contributed by atoms with van der Waals surface area (Å²) in [6, 6.07) is 19.1. The fourth-order valence-corrected chi connectivity index (χ4v) is 3.58. The summed E-state index contributed by atoms with van der Waals surface area (Å²) in [5.41, 5.74) is 2.38. The Morgan fingerprint density at radius 2 is 1.37 bits per heavy atom. The van der Waals surface area contributed by atoms with E-state index in [1.807, 2.05) is 30.3 Å². The number of carbonyl (C=O) groups excluding carboxylic acids is 3. The summed E-state index contributed by atoms with van der Waals surface area (Å²) in [6.07, 6.45) is 7.18. The number of phenols is 2. The topological polar surface area (TPSA) is 110 Å². The molecule has 7 heteroatoms. The van der Waals surface area contributed by atoms with Gasteiger partial charge in [-0.1, -0.05) is 54.6 Å². The van der Waals surface area contributed by atoms with Gasteiger partial charge < -0.3 is 19.7 Å². The van der Waals surface area contributed by atoms with Gasteiger partial charge in [0.2, 0.25) is 0 Å². The molecule has 0 aliphatic carbocycles. The van der Waals surface area contributed by atoms with Crippen LogP contribution in [-0.2, 0) is 20.8 Å². The number of benzene rings is 3. The Hall–Kier alpha value is -4.65. The molecule has 2 N–H and O–H groups in total. The van der Waals surface area contributed by atoms with Crippen LogP contribution >= 0.6 is 0 Å². The summed E-state index contributed by atoms with van der Waals surface area (Å²) < 4.78 is 10.5. The first-order valence-electron chi connectivity index (χ1n) is 12.1. The zero-order valence-corrected chi connectivity index (χ0v) is 21.1. The number of hydrogen-bond acceptors (Lipinski definition) is 7. The van der Waals surface area contributed by atoms with Gasteiger partial charge in [0.1, 0.15) is 6.61 Å². The fraction of sp³-hybridized carbons (Fsp3) is 0.194. The molecule has 0 bridgehead atoms. The molecule has 38 heavy (non-hydrogen) atoms. The number of Topliss-reactive ketones (excluding diaryl/α,β-unsaturated/α-hetero) is 1. The first kappa shape index (κ1) is 27.9. The van der Waals surface area contributed by atoms with E-state index in [9.17, 15) is 24.6 Å². The van der Waals surface area contributed by atoms with Crippen LogP contribution in [0.3, 0.4) is 0 Å². The van der Waals surface area contributed by atoms with E-state index in [-0.39, 0.29) is 47.6 Å². The van der Waals surface area contributed by atoms with E-state index in [4.69, 9.17) is 9.47 Å². The summed E-state index contributed by atoms with van der Waals surface area (Å²) in [4.78, 5) is 36.6. The third-order valence-corrected chi connectivity index (χ3v) is 5.61. The second-order valence-electron chi connectivity index (χ2n) is 8.60. The molecule has 0 aliphatic rings. The quantitative estimate of drug-likeness (QED) is 0.221. The number of hydrogen-bond donors (Lipinski definition) is 2. The van der Waals surface area contributed by atoms with Crippen LogP contribution in [0.25, 0.3) is 12.2 Å². The SMILES string of the molecule is COc1cc(/C=C/C(=O)CC(=O)/C=C/c2ccc(O)c(OCC(=O)CCCc3ccccc3)c2)ccc1O. The lowest BCUT2D eigenvalue weighted by Crippen LogP contribution is -2.11. The summed E-state index contributed by atoms with van der Waals surface area (Å²) >= 11 is 0. The lowest BCUT2D eigenvalue weighted by molar-refractivity contribution is -0.122. The number of rotatable bonds is 14. The van der Waals surface area contributed by atoms with Crippen LogP contribution < -0.4 is 9.47 Å². The second-order valence-corrected chi connectivity index (χ2v) is 8.60. The zero-order valence-electron chi connectivity index (χ0n) is 21.1. The molecule has 0 aliphatic heterocycles. The first-order chi connectivity index (χ1) is 18.3. The molecular weight excluding hydrogens is 484 g/mol. The van der Waals surface area contributed by atoms with Crippen molar-refractivity contribution in [3.05, 3.63) is 95.6 Å². The highest BCUT2D eigenvalue weighted by Crippen LogP contribution is 2.28. The Bertz CT molecular complexity index is 1320. The molecule has 3 rings (SSSR count). The maximum Gasteiger partial charge on any atom is 0.170 e. The van der Waals surface area contributed by atoms with E-state index in [2.05, 4.69) is 0 Å². The highest BCUT2D eigenvalue weighted by atomic mass is 16.5. The molecule has 0 fully saturated rings. The van der Waals surface area contributed by atoms with Gasteiger partial charge in [0.05, 0.1) is 13.5 Å². The minimum atomic E-state index is -0.396. The number of ketones is 3. The van der Waals surface area contributed by atoms with Gasteiger partial charge in [0, 0.05) is 6.42 Å². The first-order valence-corrected chi connectivity index (χ1v) is 12.1. The highest BCUT2D eigenvalue weighted by molar-refractivity contribution is 6.10. The van der Waals surface area contributed by atoms with Crippen molar-refractivity contribution in [2.24, 2.45) is 0 Å². The number of phenolic OH excluding ortho intramolecular Hbond substituents is 2. The van der Waals surface area contributed by atoms with Crippen molar-refractivity contribution in [2.75, 3.05) is 13.7 Å². The largest absolute Gasteiger partial charge is 0.504 e. The Labute approximate surface area is 221 Å². The second kappa shape index (κ2) is 14.2. The number of ether oxygens (including phenoxy) is 2. The van der Waals surface area contributed by atoms with Gasteiger partial charge >= 0.3 is 0 Å². The van der Waals surface area contributed by atoms with Crippen LogP contribution in [0.1, 0.15) is 36.0 Å². The highest BCUT2D eigenvalue weighted by Gasteiger charge is 2.09. The van der Waals surface area contributed by atoms with Crippen LogP contribution in [-0.4, -0.2) is 41.3 Å². The third kappa shape index (κ3) is 9.09. The maximum atomic E-state index is 12.2. The van der Waals surface area contributed by atoms with E-state index in [0.717, 1.165) is 6.42 Å². The fourth-order valence-electron chi connectivity index (χ4n) is 3.58. The number of aryl methyl sites for hydroxylation is 1. The maximum absolute atomic E-state index is 12.2. The predicted molar refractivity (Wildman–Crippen MR) is 145 cm³/mol. The predicted octanol–water partition coefficient (Wildman–Crippen LogP) is 5.33. The van der Waals surface area contributed by atoms with Crippen molar-refractivity contribution in [2.45, 2.75) is 25.7 Å². The Morgan fingerprint density at radius 3 is 1.97 bits per heavy atom. The molecule has 0 radical (unpaired) electrons. The molecule has 0 aromatic heterocycles. The summed E-state index contributed by atoms with van der Waals surface area (Å²) in [5, 5.41) is 19.7. The summed E-state index contributed by atoms with van der Waals surface area (Å²) in [7, 11) is 1.43. The van der Waals surface area contributed by atoms with Crippen molar-refractivity contribution in [1.82, 2.24) is 0 Å². The molecule has 0 unspecified atom stereocenters. The van der Waals surface area contributed by atoms with Gasteiger partial charge in [0.15, 0.2) is 40.3 Å². The van der Waals surface area contributed by atoms with Crippen LogP contribution in [0.15, 0.2) is 78.9 Å². The van der Waals surface area contributed by atoms with Crippen LogP contribution in [0, 0.1) is 0 Å². The molecule has 3 aromatic rings. The van der Waals surface area contributed by atoms with E-state index in [1.165, 1.54) is 55.2 Å². The number of carbonyl (C=O) groups is 3. The molecule has 7 nitrogen and oxygen atoms in total. The van der Waals surface area contributed by atoms with Crippen molar-refractivity contribution < 1.29 is 34.1 Å². The molecule has 0 spiro atoms. The van der Waals surface area contributed by atoms with Crippen molar-refractivity contribution >= 4 is 29.5 Å². The molecular formula is C31H30O7. The van der Waals surface area contributed by atoms with Crippen LogP contribution in [0.2, 0.25) is 0 Å². The van der Waals surface area contributed by atoms with Crippen molar-refractivity contribution in [3.63, 3.8) is 0 Å². The summed E-state index contributed by atoms with van der Waals surface area (Å²) in [5.74, 6) is -0.558. The molecule has 0 atom stereocenters. The number of aromatic hydroxyl groups is 2. The molecule has 0 saturated heterocycles. The molecule has 3 aromatic carbocycles. The van der Waals surface area contributed by atoms with E-state index < -0.39 is 5.78 Å². The monoisotopic (exact) mass is 514 g/mol. The average molecular weight is 515 g/mol. The van der Waals surface area contributed by atoms with Gasteiger partial charge in [-0.2, -0.15) is 0 Å². The number of methoxy groups -OCH3 is 1. The molecule has 0 saturated carbocycles. The third-order valence-electron chi connectivity index (χ3n) is 5.61. The van der Waals surface area contributed by atoms with Crippen LogP contribution in [0.4, 0.5) is 0 Å². The lowest BCUT2D eigenvalue weighted by atomic mass is 10.1. The number of allylic oxidation sites excluding steroid dienone is 2. The van der Waals surface area contributed by atoms with Crippen molar-refractivity contribution in [3.8, 4) is 23.0 Å². The molecule has 0 heterocycles. The lowest BCUT2D eigenvalue weighted by Gasteiger charge is -2.08. The molecule has 196 valence electrons. The van der Waals surface area contributed by atoms with Gasteiger partial charge in [-0.3, -0.25) is 14.4 Å². The Balaban J connectivity index is 1.47. The average Bonchev–Trinajstić information content (AvgIpc) is 2.92. The van der Waals surface area contributed by atoms with Crippen molar-refractivity contribution in [1.29, 1.82) is 0 Å². The minimum Gasteiger partial charge on any atom is -0.504 e. The smallest absolute Gasteiger partial charge is 0.170 e. The van der Waals surface area contributed by atoms with Gasteiger partial charge in [-0.15, -0.1) is 0 Å². The van der Waals surface area contributed by atoms with E-state index >= 15 is 0 Å². The standard InChI is InChI=1S/C31H30O7/c1-37-30-18-23(12-16-28(30)35)10-14-25(32)20-26(33)15-11-24-13-17-29(36)31(19-24)38-21-27(34)9-5-8-22-6-3-2-4-7-22/h2-4,6-7,10-19,35-36H,5,8-9,20-21H2,1H3/b14-10+,15-11+. The minimum absolute atomic E-state index is 0.00971. The van der Waals surface area contributed by atoms with Crippen LogP contribution in [0.5, 0.6) is 23.0 Å². The van der Waals surface area contributed by atoms with Gasteiger partial charge in [-0.25, -0.2) is 0 Å². The Kier molecular flexibility index (Phi) is 10.4.